The topological polar surface area (TPSA) is 64.1 Å². The van der Waals surface area contributed by atoms with E-state index in [1.54, 1.807) is 12.1 Å². The van der Waals surface area contributed by atoms with E-state index in [1.807, 2.05) is 50.2 Å². The van der Waals surface area contributed by atoms with E-state index in [9.17, 15) is 4.79 Å². The molecule has 23 heavy (non-hydrogen) atoms. The average molecular weight is 307 g/mol. The Morgan fingerprint density at radius 1 is 1.04 bits per heavy atom. The Labute approximate surface area is 134 Å². The van der Waals surface area contributed by atoms with Crippen molar-refractivity contribution in [2.75, 3.05) is 5.32 Å². The molecule has 0 bridgehead atoms. The zero-order valence-corrected chi connectivity index (χ0v) is 13.0. The molecule has 0 aliphatic heterocycles. The summed E-state index contributed by atoms with van der Waals surface area (Å²) < 4.78 is 5.57. The van der Waals surface area contributed by atoms with Crippen LogP contribution in [0.25, 0.3) is 11.0 Å². The molecular weight excluding hydrogens is 290 g/mol. The first-order chi connectivity index (χ1) is 11.1. The Bertz CT molecular complexity index is 829. The van der Waals surface area contributed by atoms with Gasteiger partial charge in [-0.25, -0.2) is 4.98 Å². The second-order valence-electron chi connectivity index (χ2n) is 5.39. The number of ether oxygens (including phenoxy) is 1. The van der Waals surface area contributed by atoms with Crippen LogP contribution in [-0.4, -0.2) is 22.0 Å². The Hall–Kier alpha value is -2.95. The lowest BCUT2D eigenvalue weighted by Gasteiger charge is -2.10. The van der Waals surface area contributed by atoms with Crippen molar-refractivity contribution < 1.29 is 9.53 Å². The van der Waals surface area contributed by atoms with Crippen LogP contribution in [0.5, 0.6) is 5.75 Å². The number of nitrogens with zero attached hydrogens (tertiary/aromatic N) is 2. The molecule has 0 aliphatic rings. The molecule has 1 aromatic heterocycles. The zero-order valence-electron chi connectivity index (χ0n) is 13.0. The summed E-state index contributed by atoms with van der Waals surface area (Å²) in [5.41, 5.74) is 2.42. The third kappa shape index (κ3) is 3.63. The molecule has 0 aliphatic carbocycles. The summed E-state index contributed by atoms with van der Waals surface area (Å²) >= 11 is 0. The quantitative estimate of drug-likeness (QED) is 0.798. The highest BCUT2D eigenvalue weighted by atomic mass is 16.5. The highest BCUT2D eigenvalue weighted by Crippen LogP contribution is 2.17. The van der Waals surface area contributed by atoms with Crippen molar-refractivity contribution in [2.45, 2.75) is 20.0 Å². The van der Waals surface area contributed by atoms with Gasteiger partial charge in [-0.2, -0.15) is 0 Å². The van der Waals surface area contributed by atoms with E-state index >= 15 is 0 Å². The number of hydrogen-bond acceptors (Lipinski definition) is 4. The van der Waals surface area contributed by atoms with Gasteiger partial charge in [0.25, 0.3) is 5.91 Å². The summed E-state index contributed by atoms with van der Waals surface area (Å²) in [6.07, 6.45) is 1.59. The lowest BCUT2D eigenvalue weighted by Crippen LogP contribution is -2.14. The predicted octanol–water partition coefficient (Wildman–Crippen LogP) is 3.67. The smallest absolute Gasteiger partial charge is 0.275 e. The van der Waals surface area contributed by atoms with Crippen LogP contribution in [0.3, 0.4) is 0 Å². The van der Waals surface area contributed by atoms with Gasteiger partial charge >= 0.3 is 0 Å². The Morgan fingerprint density at radius 3 is 2.43 bits per heavy atom. The molecule has 0 spiro atoms. The number of benzene rings is 2. The van der Waals surface area contributed by atoms with Gasteiger partial charge in [0.05, 0.1) is 23.3 Å². The van der Waals surface area contributed by atoms with Gasteiger partial charge in [0.15, 0.2) is 0 Å². The lowest BCUT2D eigenvalue weighted by atomic mass is 10.2. The second kappa shape index (κ2) is 6.44. The van der Waals surface area contributed by atoms with Crippen LogP contribution < -0.4 is 10.1 Å². The zero-order chi connectivity index (χ0) is 16.2. The molecule has 116 valence electrons. The van der Waals surface area contributed by atoms with Gasteiger partial charge < -0.3 is 10.1 Å². The van der Waals surface area contributed by atoms with Crippen LogP contribution in [0.4, 0.5) is 5.69 Å². The number of hydrogen-bond donors (Lipinski definition) is 1. The number of rotatable bonds is 4. The minimum atomic E-state index is -0.291. The summed E-state index contributed by atoms with van der Waals surface area (Å²) in [5.74, 6) is 0.476. The lowest BCUT2D eigenvalue weighted by molar-refractivity contribution is 0.102. The molecule has 0 saturated carbocycles. The molecule has 0 unspecified atom stereocenters. The summed E-state index contributed by atoms with van der Waals surface area (Å²) in [5, 5.41) is 2.81. The molecule has 1 amide bonds. The van der Waals surface area contributed by atoms with Gasteiger partial charge in [-0.3, -0.25) is 9.78 Å². The van der Waals surface area contributed by atoms with Crippen molar-refractivity contribution >= 4 is 22.6 Å². The number of anilines is 1. The third-order valence-corrected chi connectivity index (χ3v) is 3.17. The van der Waals surface area contributed by atoms with Crippen LogP contribution in [-0.2, 0) is 0 Å². The minimum Gasteiger partial charge on any atom is -0.491 e. The molecule has 0 saturated heterocycles. The molecule has 5 nitrogen and oxygen atoms in total. The number of para-hydroxylation sites is 2. The van der Waals surface area contributed by atoms with Crippen LogP contribution in [0.15, 0.2) is 54.7 Å². The molecule has 5 heteroatoms. The fourth-order valence-corrected chi connectivity index (χ4v) is 2.15. The molecule has 0 radical (unpaired) electrons. The first-order valence-electron chi connectivity index (χ1n) is 7.42. The molecule has 1 N–H and O–H groups in total. The van der Waals surface area contributed by atoms with Crippen molar-refractivity contribution in [1.82, 2.24) is 9.97 Å². The largest absolute Gasteiger partial charge is 0.491 e. The maximum atomic E-state index is 12.3. The number of carbonyl (C=O) groups is 1. The fourth-order valence-electron chi connectivity index (χ4n) is 2.15. The summed E-state index contributed by atoms with van der Waals surface area (Å²) in [4.78, 5) is 20.9. The first-order valence-corrected chi connectivity index (χ1v) is 7.42. The molecule has 3 rings (SSSR count). The highest BCUT2D eigenvalue weighted by molar-refractivity contribution is 6.03. The van der Waals surface area contributed by atoms with Crippen LogP contribution in [0.2, 0.25) is 0 Å². The first kappa shape index (κ1) is 15.0. The van der Waals surface area contributed by atoms with Crippen LogP contribution >= 0.6 is 0 Å². The van der Waals surface area contributed by atoms with Gasteiger partial charge in [-0.15, -0.1) is 0 Å². The molecular formula is C18H17N3O2. The van der Waals surface area contributed by atoms with E-state index in [0.29, 0.717) is 11.2 Å². The van der Waals surface area contributed by atoms with Crippen molar-refractivity contribution in [2.24, 2.45) is 0 Å². The molecule has 0 atom stereocenters. The van der Waals surface area contributed by atoms with Gasteiger partial charge in [0.1, 0.15) is 11.4 Å². The van der Waals surface area contributed by atoms with E-state index in [4.69, 9.17) is 4.74 Å². The maximum absolute atomic E-state index is 12.3. The van der Waals surface area contributed by atoms with Crippen molar-refractivity contribution in [1.29, 1.82) is 0 Å². The van der Waals surface area contributed by atoms with Crippen LogP contribution in [0.1, 0.15) is 24.3 Å². The number of carbonyl (C=O) groups excluding carboxylic acids is 1. The van der Waals surface area contributed by atoms with Crippen molar-refractivity contribution in [3.8, 4) is 5.75 Å². The second-order valence-corrected chi connectivity index (χ2v) is 5.39. The van der Waals surface area contributed by atoms with E-state index in [1.165, 1.54) is 6.20 Å². The number of fused-ring (bicyclic) bond motifs is 1. The minimum absolute atomic E-state index is 0.114. The van der Waals surface area contributed by atoms with E-state index in [2.05, 4.69) is 15.3 Å². The number of nitrogens with one attached hydrogen (secondary N) is 1. The van der Waals surface area contributed by atoms with E-state index in [-0.39, 0.29) is 17.7 Å². The summed E-state index contributed by atoms with van der Waals surface area (Å²) in [6.45, 7) is 3.93. The Balaban J connectivity index is 1.74. The standard InChI is InChI=1S/C18H17N3O2/c1-12(2)23-14-9-7-13(8-10-14)20-18(22)17-11-19-15-5-3-4-6-16(15)21-17/h3-12H,1-2H3,(H,20,22). The normalized spacial score (nSPS) is 10.7. The molecule has 2 aromatic carbocycles. The predicted molar refractivity (Wildman–Crippen MR) is 89.7 cm³/mol. The SMILES string of the molecule is CC(C)Oc1ccc(NC(=O)c2cnc3ccccc3n2)cc1. The number of aromatic nitrogens is 2. The van der Waals surface area contributed by atoms with Gasteiger partial charge in [-0.1, -0.05) is 12.1 Å². The summed E-state index contributed by atoms with van der Waals surface area (Å²) in [7, 11) is 0. The van der Waals surface area contributed by atoms with Crippen LogP contribution in [0, 0.1) is 0 Å². The highest BCUT2D eigenvalue weighted by Gasteiger charge is 2.09. The third-order valence-electron chi connectivity index (χ3n) is 3.17. The molecule has 1 heterocycles. The van der Waals surface area contributed by atoms with E-state index in [0.717, 1.165) is 11.3 Å². The Kier molecular flexibility index (Phi) is 4.19. The van der Waals surface area contributed by atoms with Crippen molar-refractivity contribution in [3.05, 3.63) is 60.4 Å². The fraction of sp³-hybridized carbons (Fsp3) is 0.167. The van der Waals surface area contributed by atoms with Gasteiger partial charge in [0, 0.05) is 5.69 Å². The summed E-state index contributed by atoms with van der Waals surface area (Å²) in [6, 6.07) is 14.7. The van der Waals surface area contributed by atoms with Gasteiger partial charge in [0.2, 0.25) is 0 Å². The molecule has 0 fully saturated rings. The van der Waals surface area contributed by atoms with Crippen molar-refractivity contribution in [3.63, 3.8) is 0 Å². The monoisotopic (exact) mass is 307 g/mol. The maximum Gasteiger partial charge on any atom is 0.275 e. The molecule has 3 aromatic rings. The van der Waals surface area contributed by atoms with E-state index < -0.39 is 0 Å². The number of amides is 1. The average Bonchev–Trinajstić information content (AvgIpc) is 2.55. The van der Waals surface area contributed by atoms with Gasteiger partial charge in [-0.05, 0) is 50.2 Å². The Morgan fingerprint density at radius 2 is 1.74 bits per heavy atom.